The van der Waals surface area contributed by atoms with Crippen molar-refractivity contribution in [2.24, 2.45) is 0 Å². The minimum atomic E-state index is 1.32. The van der Waals surface area contributed by atoms with E-state index in [-0.39, 0.29) is 0 Å². The summed E-state index contributed by atoms with van der Waals surface area (Å²) in [5, 5.41) is 0. The minimum Gasteiger partial charge on any atom is -0.0864 e. The van der Waals surface area contributed by atoms with Crippen LogP contribution < -0.4 is 0 Å². The molecule has 0 saturated carbocycles. The molecule has 0 amide bonds. The summed E-state index contributed by atoms with van der Waals surface area (Å²) in [5.74, 6) is 0. The average molecular weight is 298 g/mol. The molecule has 0 aliphatic carbocycles. The molecule has 0 bridgehead atoms. The highest BCUT2D eigenvalue weighted by atomic mass is 127. The summed E-state index contributed by atoms with van der Waals surface area (Å²) in [4.78, 5) is 0. The van der Waals surface area contributed by atoms with E-state index in [4.69, 9.17) is 0 Å². The number of unbranched alkanes of at least 4 members (excludes halogenated alkanes) is 6. The van der Waals surface area contributed by atoms with Crippen LogP contribution in [0.2, 0.25) is 0 Å². The van der Waals surface area contributed by atoms with Gasteiger partial charge >= 0.3 is 0 Å². The first-order valence-electron chi connectivity index (χ1n) is 5.89. The van der Waals surface area contributed by atoms with Crippen molar-refractivity contribution in [2.45, 2.75) is 72.1 Å². The third-order valence-corrected chi connectivity index (χ3v) is 2.75. The van der Waals surface area contributed by atoms with Crippen molar-refractivity contribution in [3.05, 3.63) is 0 Å². The molecule has 0 rings (SSSR count). The molecular formula is C12H27I. The van der Waals surface area contributed by atoms with E-state index >= 15 is 0 Å². The fourth-order valence-electron chi connectivity index (χ4n) is 0.875. The molecule has 0 spiro atoms. The van der Waals surface area contributed by atoms with Crippen LogP contribution in [-0.4, -0.2) is 4.43 Å². The Hall–Kier alpha value is 0.730. The molecular weight excluding hydrogens is 271 g/mol. The Morgan fingerprint density at radius 3 is 1.46 bits per heavy atom. The fourth-order valence-corrected chi connectivity index (χ4v) is 1.41. The minimum absolute atomic E-state index is 1.32. The summed E-state index contributed by atoms with van der Waals surface area (Å²) < 4.78 is 1.34. The van der Waals surface area contributed by atoms with Crippen LogP contribution in [-0.2, 0) is 0 Å². The summed E-state index contributed by atoms with van der Waals surface area (Å²) >= 11 is 2.45. The first kappa shape index (κ1) is 16.2. The van der Waals surface area contributed by atoms with Gasteiger partial charge < -0.3 is 0 Å². The van der Waals surface area contributed by atoms with E-state index in [0.29, 0.717) is 0 Å². The van der Waals surface area contributed by atoms with Crippen molar-refractivity contribution in [2.75, 3.05) is 4.43 Å². The summed E-state index contributed by atoms with van der Waals surface area (Å²) in [5.41, 5.74) is 0. The molecule has 13 heavy (non-hydrogen) atoms. The third-order valence-electron chi connectivity index (χ3n) is 1.99. The Kier molecular flexibility index (Phi) is 23.0. The van der Waals surface area contributed by atoms with Gasteiger partial charge in [-0.05, 0) is 10.8 Å². The Labute approximate surface area is 99.0 Å². The maximum atomic E-state index is 2.45. The van der Waals surface area contributed by atoms with Crippen molar-refractivity contribution < 1.29 is 0 Å². The van der Waals surface area contributed by atoms with E-state index < -0.39 is 0 Å². The van der Waals surface area contributed by atoms with Crippen LogP contribution in [0.1, 0.15) is 72.1 Å². The molecule has 0 aromatic carbocycles. The van der Waals surface area contributed by atoms with Gasteiger partial charge in [-0.15, -0.1) is 0 Å². The molecule has 0 heterocycles. The van der Waals surface area contributed by atoms with Crippen LogP contribution in [0.15, 0.2) is 0 Å². The predicted octanol–water partition coefficient (Wildman–Crippen LogP) is 5.59. The van der Waals surface area contributed by atoms with Crippen LogP contribution in [0, 0.1) is 0 Å². The predicted molar refractivity (Wildman–Crippen MR) is 72.8 cm³/mol. The van der Waals surface area contributed by atoms with Crippen LogP contribution in [0.3, 0.4) is 0 Å². The molecule has 0 atom stereocenters. The largest absolute Gasteiger partial charge is 0.0864 e. The van der Waals surface area contributed by atoms with Gasteiger partial charge in [-0.2, -0.15) is 0 Å². The molecule has 0 aromatic rings. The second-order valence-corrected chi connectivity index (χ2v) is 4.54. The van der Waals surface area contributed by atoms with Gasteiger partial charge in [0.25, 0.3) is 0 Å². The summed E-state index contributed by atoms with van der Waals surface area (Å²) in [6.45, 7) is 6.62. The van der Waals surface area contributed by atoms with Gasteiger partial charge in [0.05, 0.1) is 0 Å². The van der Waals surface area contributed by atoms with Gasteiger partial charge in [0, 0.05) is 0 Å². The highest BCUT2D eigenvalue weighted by Gasteiger charge is 1.86. The normalized spacial score (nSPS) is 9.23. The number of rotatable bonds is 7. The molecule has 0 fully saturated rings. The SMILES string of the molecule is CCCC.CCCCCCCCI. The molecule has 0 nitrogen and oxygen atoms in total. The van der Waals surface area contributed by atoms with Gasteiger partial charge in [-0.25, -0.2) is 0 Å². The Bertz CT molecular complexity index is 54.1. The lowest BCUT2D eigenvalue weighted by Crippen LogP contribution is -1.77. The molecule has 1 heteroatoms. The van der Waals surface area contributed by atoms with Crippen LogP contribution >= 0.6 is 22.6 Å². The lowest BCUT2D eigenvalue weighted by molar-refractivity contribution is 0.629. The smallest absolute Gasteiger partial charge is 0.000473 e. The standard InChI is InChI=1S/C8H17I.C4H10/c1-2-3-4-5-6-7-8-9;1-3-4-2/h2-8H2,1H3;3-4H2,1-2H3. The molecule has 0 aromatic heterocycles. The molecule has 0 aliphatic heterocycles. The second kappa shape index (κ2) is 18.5. The molecule has 82 valence electrons. The van der Waals surface area contributed by atoms with Crippen LogP contribution in [0.25, 0.3) is 0 Å². The third kappa shape index (κ3) is 24.5. The first-order valence-corrected chi connectivity index (χ1v) is 7.41. The Morgan fingerprint density at radius 2 is 1.08 bits per heavy atom. The van der Waals surface area contributed by atoms with Gasteiger partial charge in [-0.3, -0.25) is 0 Å². The van der Waals surface area contributed by atoms with Gasteiger partial charge in [0.1, 0.15) is 0 Å². The Balaban J connectivity index is 0. The van der Waals surface area contributed by atoms with Gasteiger partial charge in [0.2, 0.25) is 0 Å². The van der Waals surface area contributed by atoms with E-state index in [2.05, 4.69) is 43.4 Å². The fraction of sp³-hybridized carbons (Fsp3) is 1.00. The highest BCUT2D eigenvalue weighted by molar-refractivity contribution is 14.1. The van der Waals surface area contributed by atoms with Gasteiger partial charge in [-0.1, -0.05) is 88.3 Å². The van der Waals surface area contributed by atoms with E-state index in [1.807, 2.05) is 0 Å². The van der Waals surface area contributed by atoms with E-state index in [1.165, 1.54) is 55.8 Å². The lowest BCUT2D eigenvalue weighted by Gasteiger charge is -1.95. The number of halogens is 1. The molecule has 0 radical (unpaired) electrons. The molecule has 0 N–H and O–H groups in total. The maximum absolute atomic E-state index is 2.45. The lowest BCUT2D eigenvalue weighted by atomic mass is 10.1. The first-order chi connectivity index (χ1) is 6.33. The van der Waals surface area contributed by atoms with Crippen molar-refractivity contribution in [1.29, 1.82) is 0 Å². The highest BCUT2D eigenvalue weighted by Crippen LogP contribution is 2.05. The zero-order chi connectivity index (χ0) is 10.4. The van der Waals surface area contributed by atoms with Crippen molar-refractivity contribution >= 4 is 22.6 Å². The van der Waals surface area contributed by atoms with Crippen LogP contribution in [0.4, 0.5) is 0 Å². The Morgan fingerprint density at radius 1 is 0.615 bits per heavy atom. The number of hydrogen-bond donors (Lipinski definition) is 0. The van der Waals surface area contributed by atoms with Crippen molar-refractivity contribution in [1.82, 2.24) is 0 Å². The van der Waals surface area contributed by atoms with Crippen LogP contribution in [0.5, 0.6) is 0 Å². The average Bonchev–Trinajstić information content (AvgIpc) is 2.18. The van der Waals surface area contributed by atoms with Gasteiger partial charge in [0.15, 0.2) is 0 Å². The topological polar surface area (TPSA) is 0 Å². The zero-order valence-electron chi connectivity index (χ0n) is 9.74. The summed E-state index contributed by atoms with van der Waals surface area (Å²) in [7, 11) is 0. The van der Waals surface area contributed by atoms with Crippen molar-refractivity contribution in [3.8, 4) is 0 Å². The van der Waals surface area contributed by atoms with E-state index in [9.17, 15) is 0 Å². The van der Waals surface area contributed by atoms with Crippen molar-refractivity contribution in [3.63, 3.8) is 0 Å². The van der Waals surface area contributed by atoms with E-state index in [0.717, 1.165) is 0 Å². The molecule has 0 aliphatic rings. The second-order valence-electron chi connectivity index (χ2n) is 3.46. The summed E-state index contributed by atoms with van der Waals surface area (Å²) in [6, 6.07) is 0. The molecule has 0 unspecified atom stereocenters. The monoisotopic (exact) mass is 298 g/mol. The maximum Gasteiger partial charge on any atom is -0.000473 e. The quantitative estimate of drug-likeness (QED) is 0.326. The zero-order valence-corrected chi connectivity index (χ0v) is 11.9. The van der Waals surface area contributed by atoms with E-state index in [1.54, 1.807) is 0 Å². The number of alkyl halides is 1. The number of hydrogen-bond acceptors (Lipinski definition) is 0. The molecule has 0 saturated heterocycles. The summed E-state index contributed by atoms with van der Waals surface area (Å²) in [6.07, 6.45) is 11.2.